The smallest absolute Gasteiger partial charge is 0.250 e. The molecule has 0 heterocycles. The Morgan fingerprint density at radius 2 is 1.48 bits per heavy atom. The lowest BCUT2D eigenvalue weighted by atomic mass is 9.83. The molecule has 0 saturated carbocycles. The molecular formula is C26H28F2O3. The van der Waals surface area contributed by atoms with Crippen molar-refractivity contribution in [1.29, 1.82) is 0 Å². The fourth-order valence-electron chi connectivity index (χ4n) is 3.16. The zero-order valence-electron chi connectivity index (χ0n) is 18.1. The lowest BCUT2D eigenvalue weighted by Gasteiger charge is -2.29. The van der Waals surface area contributed by atoms with Crippen molar-refractivity contribution in [3.05, 3.63) is 90.0 Å². The second-order valence-electron chi connectivity index (χ2n) is 7.96. The molecule has 31 heavy (non-hydrogen) atoms. The van der Waals surface area contributed by atoms with Gasteiger partial charge in [-0.05, 0) is 68.3 Å². The highest BCUT2D eigenvalue weighted by atomic mass is 19.3. The van der Waals surface area contributed by atoms with E-state index in [1.165, 1.54) is 6.92 Å². The van der Waals surface area contributed by atoms with Crippen molar-refractivity contribution >= 4 is 0 Å². The number of hydrogen-bond donors (Lipinski definition) is 0. The van der Waals surface area contributed by atoms with Gasteiger partial charge in [0.2, 0.25) is 6.43 Å². The van der Waals surface area contributed by atoms with E-state index in [4.69, 9.17) is 14.2 Å². The van der Waals surface area contributed by atoms with Gasteiger partial charge in [-0.2, -0.15) is 0 Å². The second kappa shape index (κ2) is 10.4. The summed E-state index contributed by atoms with van der Waals surface area (Å²) in [5.74, 6) is 2.06. The Morgan fingerprint density at radius 3 is 2.13 bits per heavy atom. The SMILES string of the molecule is CC(C)Oc1ccc(C(C)(COCc2cccc(Oc3ccccc3)c2)C(F)F)cc1. The van der Waals surface area contributed by atoms with Crippen LogP contribution < -0.4 is 9.47 Å². The lowest BCUT2D eigenvalue weighted by molar-refractivity contribution is -0.0128. The average molecular weight is 427 g/mol. The maximum Gasteiger partial charge on any atom is 0.250 e. The van der Waals surface area contributed by atoms with Crippen LogP contribution in [0.2, 0.25) is 0 Å². The van der Waals surface area contributed by atoms with E-state index in [9.17, 15) is 8.78 Å². The van der Waals surface area contributed by atoms with Crippen LogP contribution in [0.3, 0.4) is 0 Å². The first-order valence-electron chi connectivity index (χ1n) is 10.3. The molecule has 3 aromatic rings. The van der Waals surface area contributed by atoms with Gasteiger partial charge < -0.3 is 14.2 Å². The van der Waals surface area contributed by atoms with Gasteiger partial charge >= 0.3 is 0 Å². The standard InChI is InChI=1S/C26H28F2O3/c1-19(2)30-23-14-12-21(13-15-23)26(3,25(27)28)18-29-17-20-8-7-11-24(16-20)31-22-9-5-4-6-10-22/h4-16,19,25H,17-18H2,1-3H3. The first kappa shape index (κ1) is 22.8. The molecule has 1 unspecified atom stereocenters. The molecule has 3 aromatic carbocycles. The molecule has 3 rings (SSSR count). The number of halogens is 2. The summed E-state index contributed by atoms with van der Waals surface area (Å²) in [6, 6.07) is 23.7. The van der Waals surface area contributed by atoms with Crippen LogP contribution in [-0.2, 0) is 16.8 Å². The Balaban J connectivity index is 1.63. The van der Waals surface area contributed by atoms with Gasteiger partial charge in [-0.1, -0.05) is 42.5 Å². The highest BCUT2D eigenvalue weighted by molar-refractivity contribution is 5.34. The van der Waals surface area contributed by atoms with Gasteiger partial charge in [0.15, 0.2) is 0 Å². The number of benzene rings is 3. The van der Waals surface area contributed by atoms with Crippen molar-refractivity contribution < 1.29 is 23.0 Å². The van der Waals surface area contributed by atoms with Crippen LogP contribution >= 0.6 is 0 Å². The fraction of sp³-hybridized carbons (Fsp3) is 0.308. The molecule has 0 spiro atoms. The van der Waals surface area contributed by atoms with Crippen LogP contribution in [0.15, 0.2) is 78.9 Å². The van der Waals surface area contributed by atoms with Gasteiger partial charge in [-0.25, -0.2) is 8.78 Å². The zero-order chi connectivity index (χ0) is 22.3. The van der Waals surface area contributed by atoms with E-state index in [1.54, 1.807) is 24.3 Å². The molecule has 0 aromatic heterocycles. The van der Waals surface area contributed by atoms with Crippen molar-refractivity contribution in [3.8, 4) is 17.2 Å². The maximum atomic E-state index is 14.0. The van der Waals surface area contributed by atoms with Crippen LogP contribution in [0.5, 0.6) is 17.2 Å². The average Bonchev–Trinajstić information content (AvgIpc) is 2.74. The van der Waals surface area contributed by atoms with Crippen molar-refractivity contribution in [2.75, 3.05) is 6.61 Å². The van der Waals surface area contributed by atoms with Crippen LogP contribution in [0, 0.1) is 0 Å². The first-order chi connectivity index (χ1) is 14.9. The molecule has 0 aliphatic carbocycles. The second-order valence-corrected chi connectivity index (χ2v) is 7.96. The molecule has 3 nitrogen and oxygen atoms in total. The molecule has 0 bridgehead atoms. The van der Waals surface area contributed by atoms with Crippen LogP contribution in [0.25, 0.3) is 0 Å². The predicted octanol–water partition coefficient (Wildman–Crippen LogP) is 7.01. The Hall–Kier alpha value is -2.92. The Kier molecular flexibility index (Phi) is 7.64. The monoisotopic (exact) mass is 426 g/mol. The number of para-hydroxylation sites is 1. The molecule has 0 saturated heterocycles. The molecular weight excluding hydrogens is 398 g/mol. The summed E-state index contributed by atoms with van der Waals surface area (Å²) in [5, 5.41) is 0. The predicted molar refractivity (Wildman–Crippen MR) is 118 cm³/mol. The summed E-state index contributed by atoms with van der Waals surface area (Å²) >= 11 is 0. The molecule has 0 aliphatic heterocycles. The number of hydrogen-bond acceptors (Lipinski definition) is 3. The first-order valence-corrected chi connectivity index (χ1v) is 10.3. The highest BCUT2D eigenvalue weighted by Gasteiger charge is 2.37. The van der Waals surface area contributed by atoms with E-state index in [0.717, 1.165) is 11.3 Å². The Labute approximate surface area is 182 Å². The summed E-state index contributed by atoms with van der Waals surface area (Å²) in [6.07, 6.45) is -2.55. The minimum absolute atomic E-state index is 0.0253. The van der Waals surface area contributed by atoms with Gasteiger partial charge in [0.25, 0.3) is 0 Å². The van der Waals surface area contributed by atoms with Gasteiger partial charge in [-0.15, -0.1) is 0 Å². The van der Waals surface area contributed by atoms with Crippen molar-refractivity contribution in [1.82, 2.24) is 0 Å². The van der Waals surface area contributed by atoms with E-state index in [1.807, 2.05) is 68.4 Å². The summed E-state index contributed by atoms with van der Waals surface area (Å²) in [7, 11) is 0. The lowest BCUT2D eigenvalue weighted by Crippen LogP contribution is -2.36. The summed E-state index contributed by atoms with van der Waals surface area (Å²) in [4.78, 5) is 0. The van der Waals surface area contributed by atoms with Gasteiger partial charge in [0.1, 0.15) is 17.2 Å². The maximum absolute atomic E-state index is 14.0. The largest absolute Gasteiger partial charge is 0.491 e. The van der Waals surface area contributed by atoms with E-state index in [-0.39, 0.29) is 19.3 Å². The van der Waals surface area contributed by atoms with Crippen LogP contribution in [-0.4, -0.2) is 19.1 Å². The van der Waals surface area contributed by atoms with E-state index in [2.05, 4.69) is 0 Å². The van der Waals surface area contributed by atoms with Gasteiger partial charge in [0.05, 0.1) is 24.7 Å². The molecule has 5 heteroatoms. The fourth-order valence-corrected chi connectivity index (χ4v) is 3.16. The van der Waals surface area contributed by atoms with Crippen LogP contribution in [0.4, 0.5) is 8.78 Å². The molecule has 1 atom stereocenters. The Morgan fingerprint density at radius 1 is 0.806 bits per heavy atom. The van der Waals surface area contributed by atoms with Crippen molar-refractivity contribution in [2.24, 2.45) is 0 Å². The van der Waals surface area contributed by atoms with E-state index in [0.29, 0.717) is 17.1 Å². The van der Waals surface area contributed by atoms with Crippen LogP contribution in [0.1, 0.15) is 31.9 Å². The summed E-state index contributed by atoms with van der Waals surface area (Å²) in [5.41, 5.74) is -0.0559. The van der Waals surface area contributed by atoms with Gasteiger partial charge in [0, 0.05) is 0 Å². The summed E-state index contributed by atoms with van der Waals surface area (Å²) < 4.78 is 45.1. The minimum atomic E-state index is -2.57. The normalized spacial score (nSPS) is 13.3. The zero-order valence-corrected chi connectivity index (χ0v) is 18.1. The molecule has 0 amide bonds. The third-order valence-electron chi connectivity index (χ3n) is 4.92. The molecule has 0 aliphatic rings. The third-order valence-corrected chi connectivity index (χ3v) is 4.92. The van der Waals surface area contributed by atoms with E-state index < -0.39 is 11.8 Å². The number of ether oxygens (including phenoxy) is 3. The molecule has 0 radical (unpaired) electrons. The highest BCUT2D eigenvalue weighted by Crippen LogP contribution is 2.33. The number of rotatable bonds is 10. The minimum Gasteiger partial charge on any atom is -0.491 e. The van der Waals surface area contributed by atoms with Gasteiger partial charge in [-0.3, -0.25) is 0 Å². The topological polar surface area (TPSA) is 27.7 Å². The van der Waals surface area contributed by atoms with Crippen molar-refractivity contribution in [3.63, 3.8) is 0 Å². The quantitative estimate of drug-likeness (QED) is 0.349. The van der Waals surface area contributed by atoms with Crippen molar-refractivity contribution in [2.45, 2.75) is 45.3 Å². The number of alkyl halides is 2. The van der Waals surface area contributed by atoms with E-state index >= 15 is 0 Å². The molecule has 0 fully saturated rings. The Bertz CT molecular complexity index is 942. The third kappa shape index (κ3) is 6.28. The molecule has 0 N–H and O–H groups in total. The molecule has 164 valence electrons. The summed E-state index contributed by atoms with van der Waals surface area (Å²) in [6.45, 7) is 5.46.